The Morgan fingerprint density at radius 1 is 1.16 bits per heavy atom. The van der Waals surface area contributed by atoms with E-state index in [2.05, 4.69) is 15.5 Å². The summed E-state index contributed by atoms with van der Waals surface area (Å²) in [5.41, 5.74) is -0.0187. The number of nitrogens with zero attached hydrogens (tertiary/aromatic N) is 2. The Kier molecular flexibility index (Phi) is 8.27. The minimum absolute atomic E-state index is 0.0786. The Morgan fingerprint density at radius 3 is 2.53 bits per heavy atom. The van der Waals surface area contributed by atoms with Crippen molar-refractivity contribution in [3.05, 3.63) is 45.1 Å². The zero-order valence-corrected chi connectivity index (χ0v) is 22.2. The molecular formula is C26H29ClF2N4O4S. The summed E-state index contributed by atoms with van der Waals surface area (Å²) in [5.74, 6) is -1.08. The first-order valence-corrected chi connectivity index (χ1v) is 13.9. The number of nitrogens with one attached hydrogen (secondary N) is 2. The average Bonchev–Trinajstić information content (AvgIpc) is 3.61. The van der Waals surface area contributed by atoms with E-state index in [1.807, 2.05) is 0 Å². The van der Waals surface area contributed by atoms with Crippen molar-refractivity contribution < 1.29 is 27.9 Å². The Morgan fingerprint density at radius 2 is 1.92 bits per heavy atom. The van der Waals surface area contributed by atoms with Gasteiger partial charge in [0.15, 0.2) is 0 Å². The van der Waals surface area contributed by atoms with Crippen molar-refractivity contribution in [2.24, 2.45) is 0 Å². The van der Waals surface area contributed by atoms with Crippen LogP contribution in [-0.2, 0) is 14.3 Å². The van der Waals surface area contributed by atoms with E-state index in [0.29, 0.717) is 9.21 Å². The summed E-state index contributed by atoms with van der Waals surface area (Å²) in [4.78, 5) is 42.5. The van der Waals surface area contributed by atoms with Gasteiger partial charge in [0.1, 0.15) is 12.6 Å². The van der Waals surface area contributed by atoms with Gasteiger partial charge in [0.05, 0.1) is 21.5 Å². The van der Waals surface area contributed by atoms with Gasteiger partial charge >= 0.3 is 0 Å². The zero-order valence-electron chi connectivity index (χ0n) is 20.6. The lowest BCUT2D eigenvalue weighted by molar-refractivity contribution is -0.126. The molecule has 2 aromatic rings. The maximum atomic E-state index is 14.0. The maximum Gasteiger partial charge on any atom is 0.265 e. The monoisotopic (exact) mass is 566 g/mol. The number of benzene rings is 1. The van der Waals surface area contributed by atoms with E-state index in [-0.39, 0.29) is 67.1 Å². The number of thiophene rings is 1. The number of alkyl halides is 2. The second kappa shape index (κ2) is 11.6. The second-order valence-corrected chi connectivity index (χ2v) is 11.5. The molecule has 204 valence electrons. The van der Waals surface area contributed by atoms with Crippen LogP contribution < -0.4 is 15.5 Å². The summed E-state index contributed by atoms with van der Waals surface area (Å²) in [5, 5.41) is 5.67. The first-order valence-electron chi connectivity index (χ1n) is 12.7. The van der Waals surface area contributed by atoms with E-state index >= 15 is 0 Å². The molecule has 2 aliphatic carbocycles. The predicted octanol–water partition coefficient (Wildman–Crippen LogP) is 4.46. The van der Waals surface area contributed by atoms with Crippen LogP contribution in [-0.4, -0.2) is 67.1 Å². The molecule has 2 saturated carbocycles. The highest BCUT2D eigenvalue weighted by atomic mass is 35.5. The summed E-state index contributed by atoms with van der Waals surface area (Å²) in [7, 11) is 0. The maximum absolute atomic E-state index is 14.0. The van der Waals surface area contributed by atoms with Crippen molar-refractivity contribution in [1.82, 2.24) is 10.2 Å². The van der Waals surface area contributed by atoms with Crippen LogP contribution in [0, 0.1) is 0 Å². The quantitative estimate of drug-likeness (QED) is 0.443. The number of carbonyl (C=O) groups excluding carboxylic acids is 3. The Balaban J connectivity index is 1.35. The average molecular weight is 567 g/mol. The summed E-state index contributed by atoms with van der Waals surface area (Å²) >= 11 is 7.12. The van der Waals surface area contributed by atoms with Gasteiger partial charge in [-0.15, -0.1) is 11.3 Å². The van der Waals surface area contributed by atoms with Gasteiger partial charge in [-0.05, 0) is 56.0 Å². The summed E-state index contributed by atoms with van der Waals surface area (Å²) in [6.45, 7) is 0.356. The number of hydrogen-bond acceptors (Lipinski definition) is 6. The Bertz CT molecular complexity index is 1200. The van der Waals surface area contributed by atoms with Crippen molar-refractivity contribution in [3.8, 4) is 0 Å². The van der Waals surface area contributed by atoms with Crippen LogP contribution in [0.25, 0.3) is 0 Å². The molecule has 3 amide bonds. The normalized spacial score (nSPS) is 19.0. The summed E-state index contributed by atoms with van der Waals surface area (Å²) in [6, 6.07) is 7.29. The molecule has 0 radical (unpaired) electrons. The predicted molar refractivity (Wildman–Crippen MR) is 141 cm³/mol. The third-order valence-corrected chi connectivity index (χ3v) is 8.42. The van der Waals surface area contributed by atoms with Crippen LogP contribution in [0.2, 0.25) is 4.34 Å². The fraction of sp³-hybridized carbons (Fsp3) is 0.500. The molecule has 3 aliphatic rings. The van der Waals surface area contributed by atoms with Crippen LogP contribution in [0.4, 0.5) is 20.2 Å². The van der Waals surface area contributed by atoms with Gasteiger partial charge in [0.25, 0.3) is 18.2 Å². The molecule has 1 atom stereocenters. The SMILES string of the molecule is O=C(NC[C@@H](C(=O)Nc1ccc(N2CCOCC2=O)c(C(F)F)c1)N(C1CCC1)C1CC1)c1ccc(Cl)s1. The van der Waals surface area contributed by atoms with Gasteiger partial charge in [-0.25, -0.2) is 8.78 Å². The van der Waals surface area contributed by atoms with Gasteiger partial charge in [0, 0.05) is 36.4 Å². The first-order chi connectivity index (χ1) is 18.3. The van der Waals surface area contributed by atoms with E-state index in [0.717, 1.165) is 43.4 Å². The lowest BCUT2D eigenvalue weighted by Gasteiger charge is -2.42. The molecule has 0 spiro atoms. The Hall–Kier alpha value is -2.60. The van der Waals surface area contributed by atoms with Crippen molar-refractivity contribution in [1.29, 1.82) is 0 Å². The van der Waals surface area contributed by atoms with Gasteiger partial charge in [-0.3, -0.25) is 19.3 Å². The summed E-state index contributed by atoms with van der Waals surface area (Å²) < 4.78 is 33.6. The van der Waals surface area contributed by atoms with E-state index < -0.39 is 18.4 Å². The van der Waals surface area contributed by atoms with E-state index in [9.17, 15) is 23.2 Å². The number of anilines is 2. The molecule has 0 bridgehead atoms. The molecule has 3 fully saturated rings. The zero-order chi connectivity index (χ0) is 26.8. The largest absolute Gasteiger partial charge is 0.370 e. The molecule has 1 aliphatic heterocycles. The molecule has 5 rings (SSSR count). The van der Waals surface area contributed by atoms with Crippen molar-refractivity contribution in [2.75, 3.05) is 36.5 Å². The molecule has 1 aromatic heterocycles. The fourth-order valence-electron chi connectivity index (χ4n) is 4.96. The minimum Gasteiger partial charge on any atom is -0.370 e. The highest BCUT2D eigenvalue weighted by Gasteiger charge is 2.43. The molecule has 38 heavy (non-hydrogen) atoms. The third kappa shape index (κ3) is 6.01. The van der Waals surface area contributed by atoms with E-state index in [4.69, 9.17) is 16.3 Å². The molecule has 0 unspecified atom stereocenters. The van der Waals surface area contributed by atoms with Gasteiger partial charge < -0.3 is 20.3 Å². The van der Waals surface area contributed by atoms with Gasteiger partial charge in [-0.2, -0.15) is 0 Å². The van der Waals surface area contributed by atoms with Crippen LogP contribution in [0.15, 0.2) is 30.3 Å². The Labute approximate surface area is 228 Å². The van der Waals surface area contributed by atoms with Crippen molar-refractivity contribution in [3.63, 3.8) is 0 Å². The molecule has 1 saturated heterocycles. The van der Waals surface area contributed by atoms with Crippen molar-refractivity contribution in [2.45, 2.75) is 56.7 Å². The highest BCUT2D eigenvalue weighted by Crippen LogP contribution is 2.38. The van der Waals surface area contributed by atoms with Crippen LogP contribution in [0.5, 0.6) is 0 Å². The van der Waals surface area contributed by atoms with E-state index in [1.165, 1.54) is 23.1 Å². The van der Waals surface area contributed by atoms with Gasteiger partial charge in [-0.1, -0.05) is 18.0 Å². The molecule has 8 nitrogen and oxygen atoms in total. The van der Waals surface area contributed by atoms with Crippen LogP contribution in [0.3, 0.4) is 0 Å². The van der Waals surface area contributed by atoms with Crippen LogP contribution >= 0.6 is 22.9 Å². The number of hydrogen-bond donors (Lipinski definition) is 2. The molecule has 2 heterocycles. The molecule has 12 heteroatoms. The molecule has 2 N–H and O–H groups in total. The van der Waals surface area contributed by atoms with Gasteiger partial charge in [0.2, 0.25) is 5.91 Å². The molecule has 1 aromatic carbocycles. The molecular weight excluding hydrogens is 538 g/mol. The smallest absolute Gasteiger partial charge is 0.265 e. The number of halogens is 3. The second-order valence-electron chi connectivity index (χ2n) is 9.75. The number of ether oxygens (including phenoxy) is 1. The topological polar surface area (TPSA) is 91.0 Å². The third-order valence-electron chi connectivity index (χ3n) is 7.19. The number of amides is 3. The number of morpholine rings is 1. The first kappa shape index (κ1) is 27.0. The fourth-order valence-corrected chi connectivity index (χ4v) is 5.92. The highest BCUT2D eigenvalue weighted by molar-refractivity contribution is 7.18. The minimum atomic E-state index is -2.84. The number of carbonyl (C=O) groups is 3. The lowest BCUT2D eigenvalue weighted by atomic mass is 9.89. The van der Waals surface area contributed by atoms with E-state index in [1.54, 1.807) is 12.1 Å². The summed E-state index contributed by atoms with van der Waals surface area (Å²) in [6.07, 6.45) is 2.16. The number of rotatable bonds is 10. The lowest BCUT2D eigenvalue weighted by Crippen LogP contribution is -2.57. The van der Waals surface area contributed by atoms with Crippen molar-refractivity contribution >= 4 is 52.0 Å². The van der Waals surface area contributed by atoms with Crippen LogP contribution in [0.1, 0.15) is 53.8 Å². The standard InChI is InChI=1S/C26H29ClF2N4O4S/c27-22-9-8-21(38-22)26(36)30-13-20(33(17-5-6-17)16-2-1-3-16)25(35)31-15-4-7-19(18(12-15)24(28)29)32-10-11-37-14-23(32)34/h4,7-9,12,16-17,20,24H,1-3,5-6,10-11,13-14H2,(H,30,36)(H,31,35)/t20-/m0/s1.